The van der Waals surface area contributed by atoms with Crippen LogP contribution in [-0.2, 0) is 4.79 Å². The molecule has 168 valence electrons. The SMILES string of the molecule is COc1ccc(/C(=C\C=C\CC(=O)Oc2ccc([N+](=O)[O-])cc2)c2ccccc2OC)cc1. The second kappa shape index (κ2) is 11.3. The Balaban J connectivity index is 1.76. The Hall–Kier alpha value is -4.39. The number of carbonyl (C=O) groups excluding carboxylic acids is 1. The van der Waals surface area contributed by atoms with E-state index in [1.54, 1.807) is 26.4 Å². The lowest BCUT2D eigenvalue weighted by Gasteiger charge is -2.13. The lowest BCUT2D eigenvalue weighted by molar-refractivity contribution is -0.384. The van der Waals surface area contributed by atoms with Crippen LogP contribution in [0.2, 0.25) is 0 Å². The van der Waals surface area contributed by atoms with E-state index in [-0.39, 0.29) is 17.9 Å². The van der Waals surface area contributed by atoms with E-state index in [0.29, 0.717) is 0 Å². The summed E-state index contributed by atoms with van der Waals surface area (Å²) in [6.45, 7) is 0. The number of nitrogens with zero attached hydrogens (tertiary/aromatic N) is 1. The summed E-state index contributed by atoms with van der Waals surface area (Å²) in [6.07, 6.45) is 5.41. The fourth-order valence-electron chi connectivity index (χ4n) is 3.12. The van der Waals surface area contributed by atoms with Crippen molar-refractivity contribution in [3.05, 3.63) is 112 Å². The summed E-state index contributed by atoms with van der Waals surface area (Å²) in [5.74, 6) is 1.26. The van der Waals surface area contributed by atoms with Crippen molar-refractivity contribution >= 4 is 17.2 Å². The molecule has 33 heavy (non-hydrogen) atoms. The number of carbonyl (C=O) groups is 1. The number of esters is 1. The standard InChI is InChI=1S/C26H23NO6/c1-31-21-15-11-19(12-16-21)23(24-8-3-5-9-25(24)32-2)7-4-6-10-26(28)33-22-17-13-20(14-18-22)27(29)30/h3-9,11-18H,10H2,1-2H3/b6-4+,23-7+. The number of non-ortho nitro benzene ring substituents is 1. The highest BCUT2D eigenvalue weighted by Crippen LogP contribution is 2.32. The van der Waals surface area contributed by atoms with Gasteiger partial charge in [-0.3, -0.25) is 14.9 Å². The first-order chi connectivity index (χ1) is 16.0. The van der Waals surface area contributed by atoms with Gasteiger partial charge in [0.2, 0.25) is 0 Å². The van der Waals surface area contributed by atoms with Crippen molar-refractivity contribution in [2.24, 2.45) is 0 Å². The Bertz CT molecular complexity index is 1160. The van der Waals surface area contributed by atoms with Crippen LogP contribution in [0.15, 0.2) is 91.0 Å². The molecule has 0 aliphatic carbocycles. The van der Waals surface area contributed by atoms with Crippen molar-refractivity contribution in [2.45, 2.75) is 6.42 Å². The highest BCUT2D eigenvalue weighted by molar-refractivity contribution is 5.84. The van der Waals surface area contributed by atoms with Crippen LogP contribution in [-0.4, -0.2) is 25.1 Å². The molecule has 7 nitrogen and oxygen atoms in total. The van der Waals surface area contributed by atoms with Gasteiger partial charge in [0.25, 0.3) is 5.69 Å². The predicted molar refractivity (Wildman–Crippen MR) is 126 cm³/mol. The average Bonchev–Trinajstić information content (AvgIpc) is 2.84. The van der Waals surface area contributed by atoms with Crippen molar-refractivity contribution in [2.75, 3.05) is 14.2 Å². The summed E-state index contributed by atoms with van der Waals surface area (Å²) in [4.78, 5) is 22.3. The molecule has 3 rings (SSSR count). The number of benzene rings is 3. The van der Waals surface area contributed by atoms with E-state index >= 15 is 0 Å². The molecule has 0 heterocycles. The zero-order chi connectivity index (χ0) is 23.6. The zero-order valence-electron chi connectivity index (χ0n) is 18.3. The van der Waals surface area contributed by atoms with Gasteiger partial charge < -0.3 is 14.2 Å². The summed E-state index contributed by atoms with van der Waals surface area (Å²) in [5, 5.41) is 10.7. The molecule has 0 spiro atoms. The summed E-state index contributed by atoms with van der Waals surface area (Å²) in [5.41, 5.74) is 2.71. The van der Waals surface area contributed by atoms with Gasteiger partial charge >= 0.3 is 5.97 Å². The highest BCUT2D eigenvalue weighted by Gasteiger charge is 2.10. The molecular weight excluding hydrogens is 422 g/mol. The molecule has 0 amide bonds. The highest BCUT2D eigenvalue weighted by atomic mass is 16.6. The van der Waals surface area contributed by atoms with Crippen LogP contribution in [0, 0.1) is 10.1 Å². The Labute approximate surface area is 191 Å². The summed E-state index contributed by atoms with van der Waals surface area (Å²) in [7, 11) is 3.24. The number of nitro benzene ring substituents is 1. The van der Waals surface area contributed by atoms with E-state index in [4.69, 9.17) is 14.2 Å². The molecule has 0 aromatic heterocycles. The maximum absolute atomic E-state index is 12.1. The minimum atomic E-state index is -0.511. The van der Waals surface area contributed by atoms with Crippen LogP contribution in [0.5, 0.6) is 17.2 Å². The second-order valence-electron chi connectivity index (χ2n) is 6.87. The molecule has 3 aromatic carbocycles. The first kappa shape index (κ1) is 23.3. The number of rotatable bonds is 9. The normalized spacial score (nSPS) is 11.3. The van der Waals surface area contributed by atoms with Gasteiger partial charge in [0.1, 0.15) is 17.2 Å². The molecule has 3 aromatic rings. The fraction of sp³-hybridized carbons (Fsp3) is 0.115. The smallest absolute Gasteiger partial charge is 0.315 e. The van der Waals surface area contributed by atoms with Gasteiger partial charge in [-0.25, -0.2) is 0 Å². The van der Waals surface area contributed by atoms with Crippen LogP contribution < -0.4 is 14.2 Å². The molecule has 0 aliphatic rings. The molecule has 0 radical (unpaired) electrons. The topological polar surface area (TPSA) is 87.9 Å². The van der Waals surface area contributed by atoms with Crippen LogP contribution in [0.25, 0.3) is 5.57 Å². The third-order valence-corrected chi connectivity index (χ3v) is 4.76. The summed E-state index contributed by atoms with van der Waals surface area (Å²) in [6, 6.07) is 20.7. The van der Waals surface area contributed by atoms with E-state index < -0.39 is 10.9 Å². The lowest BCUT2D eigenvalue weighted by atomic mass is 9.96. The van der Waals surface area contributed by atoms with Crippen molar-refractivity contribution in [1.82, 2.24) is 0 Å². The predicted octanol–water partition coefficient (Wildman–Crippen LogP) is 5.60. The molecule has 0 unspecified atom stereocenters. The monoisotopic (exact) mass is 445 g/mol. The number of ether oxygens (including phenoxy) is 3. The molecule has 0 fully saturated rings. The largest absolute Gasteiger partial charge is 0.497 e. The van der Waals surface area contributed by atoms with Gasteiger partial charge in [0, 0.05) is 17.7 Å². The fourth-order valence-corrected chi connectivity index (χ4v) is 3.12. The van der Waals surface area contributed by atoms with Crippen LogP contribution >= 0.6 is 0 Å². The maximum Gasteiger partial charge on any atom is 0.315 e. The molecule has 0 atom stereocenters. The maximum atomic E-state index is 12.1. The van der Waals surface area contributed by atoms with Gasteiger partial charge in [-0.15, -0.1) is 0 Å². The van der Waals surface area contributed by atoms with Crippen LogP contribution in [0.1, 0.15) is 17.5 Å². The minimum Gasteiger partial charge on any atom is -0.497 e. The number of hydrogen-bond acceptors (Lipinski definition) is 6. The molecule has 7 heteroatoms. The Kier molecular flexibility index (Phi) is 7.96. The van der Waals surface area contributed by atoms with Gasteiger partial charge in [-0.1, -0.05) is 48.6 Å². The third-order valence-electron chi connectivity index (χ3n) is 4.76. The lowest BCUT2D eigenvalue weighted by Crippen LogP contribution is -2.06. The van der Waals surface area contributed by atoms with Crippen LogP contribution in [0.4, 0.5) is 5.69 Å². The van der Waals surface area contributed by atoms with Crippen LogP contribution in [0.3, 0.4) is 0 Å². The minimum absolute atomic E-state index is 0.0370. The van der Waals surface area contributed by atoms with E-state index in [2.05, 4.69) is 0 Å². The Morgan fingerprint density at radius 3 is 2.21 bits per heavy atom. The number of methoxy groups -OCH3 is 2. The first-order valence-corrected chi connectivity index (χ1v) is 10.1. The summed E-state index contributed by atoms with van der Waals surface area (Å²) >= 11 is 0. The van der Waals surface area contributed by atoms with Crippen molar-refractivity contribution in [3.63, 3.8) is 0 Å². The van der Waals surface area contributed by atoms with Crippen molar-refractivity contribution in [3.8, 4) is 17.2 Å². The summed E-state index contributed by atoms with van der Waals surface area (Å²) < 4.78 is 16.0. The van der Waals surface area contributed by atoms with Gasteiger partial charge in [-0.2, -0.15) is 0 Å². The van der Waals surface area contributed by atoms with E-state index in [9.17, 15) is 14.9 Å². The van der Waals surface area contributed by atoms with Crippen molar-refractivity contribution in [1.29, 1.82) is 0 Å². The first-order valence-electron chi connectivity index (χ1n) is 10.1. The van der Waals surface area contributed by atoms with E-state index in [0.717, 1.165) is 28.2 Å². The molecule has 0 aliphatic heterocycles. The number of para-hydroxylation sites is 1. The quantitative estimate of drug-likeness (QED) is 0.140. The van der Waals surface area contributed by atoms with Gasteiger partial charge in [-0.05, 0) is 41.5 Å². The van der Waals surface area contributed by atoms with E-state index in [1.807, 2.05) is 54.6 Å². The number of hydrogen-bond donors (Lipinski definition) is 0. The molecule has 0 saturated carbocycles. The molecule has 0 saturated heterocycles. The molecule has 0 bridgehead atoms. The number of nitro groups is 1. The molecule has 0 N–H and O–H groups in total. The van der Waals surface area contributed by atoms with E-state index in [1.165, 1.54) is 24.3 Å². The van der Waals surface area contributed by atoms with Crippen molar-refractivity contribution < 1.29 is 23.9 Å². The zero-order valence-corrected chi connectivity index (χ0v) is 18.3. The third kappa shape index (κ3) is 6.30. The number of allylic oxidation sites excluding steroid dienone is 2. The van der Waals surface area contributed by atoms with Gasteiger partial charge in [0.15, 0.2) is 0 Å². The van der Waals surface area contributed by atoms with Gasteiger partial charge in [0.05, 0.1) is 25.6 Å². The molecular formula is C26H23NO6. The Morgan fingerprint density at radius 1 is 0.909 bits per heavy atom. The average molecular weight is 445 g/mol. The second-order valence-corrected chi connectivity index (χ2v) is 6.87. The Morgan fingerprint density at radius 2 is 1.58 bits per heavy atom.